The first-order chi connectivity index (χ1) is 3.42. The second-order valence-electron chi connectivity index (χ2n) is 0.857. The quantitative estimate of drug-likeness (QED) is 0.424. The van der Waals surface area contributed by atoms with Crippen LogP contribution in [0.3, 0.4) is 0 Å². The molecule has 0 aromatic carbocycles. The van der Waals surface area contributed by atoms with Crippen LogP contribution in [0.4, 0.5) is 8.78 Å². The topological polar surface area (TPSA) is 66.8 Å². The van der Waals surface area contributed by atoms with Crippen molar-refractivity contribution in [2.45, 2.75) is 6.61 Å². The Morgan fingerprint density at radius 1 is 1.44 bits per heavy atom. The molecule has 0 rings (SSSR count). The van der Waals surface area contributed by atoms with Gasteiger partial charge < -0.3 is 9.79 Å². The average Bonchev–Trinajstić information content (AvgIpc) is 1.21. The summed E-state index contributed by atoms with van der Waals surface area (Å²) in [6.45, 7) is -3.42. The van der Waals surface area contributed by atoms with Crippen LogP contribution in [-0.2, 0) is 9.09 Å². The summed E-state index contributed by atoms with van der Waals surface area (Å²) in [6, 6.07) is 0. The van der Waals surface area contributed by atoms with Gasteiger partial charge in [-0.2, -0.15) is 8.78 Å². The van der Waals surface area contributed by atoms with Crippen LogP contribution in [0.2, 0.25) is 0 Å². The summed E-state index contributed by atoms with van der Waals surface area (Å²) < 4.78 is 33.8. The first kappa shape index (κ1) is 12.3. The Kier molecular flexibility index (Phi) is 5.99. The number of halogens is 2. The summed E-state index contributed by atoms with van der Waals surface area (Å²) in [5.74, 6) is 0. The maximum absolute atomic E-state index is 10.8. The van der Waals surface area contributed by atoms with Crippen LogP contribution in [0, 0.1) is 0 Å². The molecule has 0 atom stereocenters. The van der Waals surface area contributed by atoms with Gasteiger partial charge in [-0.25, -0.2) is 9.09 Å². The first-order valence-electron chi connectivity index (χ1n) is 1.44. The predicted octanol–water partition coefficient (Wildman–Crippen LogP) is -0.330. The van der Waals surface area contributed by atoms with Gasteiger partial charge in [-0.15, -0.1) is 0 Å². The molecular weight excluding hydrogens is 152 g/mol. The van der Waals surface area contributed by atoms with Crippen LogP contribution in [0.5, 0.6) is 0 Å². The molecule has 0 fully saturated rings. The molecule has 0 heterocycles. The summed E-state index contributed by atoms with van der Waals surface area (Å²) >= 11 is 0. The molecule has 2 N–H and O–H groups in total. The molecule has 0 aliphatic rings. The minimum absolute atomic E-state index is 0. The van der Waals surface area contributed by atoms with Gasteiger partial charge in [0.05, 0.1) is 0 Å². The fourth-order valence-corrected chi connectivity index (χ4v) is 0.311. The van der Waals surface area contributed by atoms with Crippen molar-refractivity contribution in [1.29, 1.82) is 0 Å². The molecule has 0 unspecified atom stereocenters. The summed E-state index contributed by atoms with van der Waals surface area (Å²) in [6.07, 6.45) is 0. The predicted molar refractivity (Wildman–Crippen MR) is 26.3 cm³/mol. The third-order valence-corrected chi connectivity index (χ3v) is 0.651. The Hall–Kier alpha value is 0.567. The normalized spacial score (nSPS) is 11.2. The van der Waals surface area contributed by atoms with E-state index in [2.05, 4.69) is 4.52 Å². The molecule has 0 bridgehead atoms. The van der Waals surface area contributed by atoms with E-state index in [4.69, 9.17) is 9.79 Å². The summed E-state index contributed by atoms with van der Waals surface area (Å²) in [4.78, 5) is 15.2. The van der Waals surface area contributed by atoms with E-state index in [-0.39, 0.29) is 18.9 Å². The van der Waals surface area contributed by atoms with Gasteiger partial charge in [-0.1, -0.05) is 0 Å². The maximum atomic E-state index is 10.8. The molecule has 0 aromatic heterocycles. The summed E-state index contributed by atoms with van der Waals surface area (Å²) in [7, 11) is -4.97. The van der Waals surface area contributed by atoms with E-state index in [0.717, 1.165) is 0 Å². The Bertz CT molecular complexity index is 111. The van der Waals surface area contributed by atoms with Crippen molar-refractivity contribution in [2.24, 2.45) is 0 Å². The third-order valence-electron chi connectivity index (χ3n) is 0.217. The van der Waals surface area contributed by atoms with Crippen molar-refractivity contribution in [3.63, 3.8) is 0 Å². The molecular formula is CH4F2LiO4P. The molecule has 0 aliphatic heterocycles. The second kappa shape index (κ2) is 4.39. The molecule has 0 aliphatic carbocycles. The van der Waals surface area contributed by atoms with E-state index in [1.54, 1.807) is 0 Å². The standard InChI is InChI=1S/CH3F2O4P.Li.H/c2-1(3)7-8(4,5)6;;/h1H,(H2,4,5,6);;. The van der Waals surface area contributed by atoms with Crippen LogP contribution >= 0.6 is 7.82 Å². The molecule has 52 valence electrons. The number of phosphoric acid groups is 1. The van der Waals surface area contributed by atoms with Crippen LogP contribution < -0.4 is 0 Å². The molecule has 9 heavy (non-hydrogen) atoms. The fourth-order valence-electron chi connectivity index (χ4n) is 0.104. The average molecular weight is 156 g/mol. The molecule has 0 saturated carbocycles. The van der Waals surface area contributed by atoms with Crippen LogP contribution in [0.15, 0.2) is 0 Å². The zero-order valence-corrected chi connectivity index (χ0v) is 4.39. The number of hydrogen-bond acceptors (Lipinski definition) is 2. The van der Waals surface area contributed by atoms with Crippen LogP contribution in [0.25, 0.3) is 0 Å². The number of rotatable bonds is 2. The number of phosphoric ester groups is 1. The van der Waals surface area contributed by atoms with E-state index in [9.17, 15) is 13.3 Å². The second-order valence-corrected chi connectivity index (χ2v) is 2.05. The molecule has 8 heteroatoms. The monoisotopic (exact) mass is 156 g/mol. The molecule has 0 spiro atoms. The van der Waals surface area contributed by atoms with E-state index in [1.807, 2.05) is 0 Å². The van der Waals surface area contributed by atoms with Crippen molar-refractivity contribution in [3.05, 3.63) is 0 Å². The van der Waals surface area contributed by atoms with Crippen molar-refractivity contribution < 1.29 is 27.7 Å². The van der Waals surface area contributed by atoms with E-state index >= 15 is 0 Å². The zero-order valence-electron chi connectivity index (χ0n) is 3.49. The van der Waals surface area contributed by atoms with Crippen LogP contribution in [0.1, 0.15) is 0 Å². The number of hydrogen-bond donors (Lipinski definition) is 2. The van der Waals surface area contributed by atoms with Gasteiger partial charge in [0.15, 0.2) is 0 Å². The van der Waals surface area contributed by atoms with Crippen molar-refractivity contribution in [2.75, 3.05) is 0 Å². The fraction of sp³-hybridized carbons (Fsp3) is 1.00. The summed E-state index contributed by atoms with van der Waals surface area (Å²) in [5.41, 5.74) is 0. The Labute approximate surface area is 61.6 Å². The van der Waals surface area contributed by atoms with Gasteiger partial charge in [-0.05, 0) is 0 Å². The first-order valence-corrected chi connectivity index (χ1v) is 2.97. The Morgan fingerprint density at radius 3 is 1.78 bits per heavy atom. The number of alkyl halides is 2. The van der Waals surface area contributed by atoms with Crippen molar-refractivity contribution in [1.82, 2.24) is 0 Å². The zero-order chi connectivity index (χ0) is 6.78. The Balaban J connectivity index is 0. The van der Waals surface area contributed by atoms with E-state index < -0.39 is 14.4 Å². The van der Waals surface area contributed by atoms with Gasteiger partial charge in [0.2, 0.25) is 0 Å². The van der Waals surface area contributed by atoms with Gasteiger partial charge in [-0.3, -0.25) is 0 Å². The van der Waals surface area contributed by atoms with Gasteiger partial charge in [0, 0.05) is 0 Å². The van der Waals surface area contributed by atoms with Gasteiger partial charge in [0.1, 0.15) is 0 Å². The van der Waals surface area contributed by atoms with Crippen molar-refractivity contribution >= 4 is 26.7 Å². The van der Waals surface area contributed by atoms with Gasteiger partial charge in [0.25, 0.3) is 0 Å². The van der Waals surface area contributed by atoms with E-state index in [0.29, 0.717) is 0 Å². The Morgan fingerprint density at radius 2 is 1.78 bits per heavy atom. The molecule has 0 aromatic rings. The molecule has 0 amide bonds. The minimum atomic E-state index is -4.97. The van der Waals surface area contributed by atoms with Crippen LogP contribution in [-0.4, -0.2) is 35.3 Å². The van der Waals surface area contributed by atoms with Crippen molar-refractivity contribution in [3.8, 4) is 0 Å². The molecule has 4 nitrogen and oxygen atoms in total. The molecule has 0 saturated heterocycles. The molecule has 0 radical (unpaired) electrons. The third kappa shape index (κ3) is 11.9. The summed E-state index contributed by atoms with van der Waals surface area (Å²) in [5, 5.41) is 0. The SMILES string of the molecule is O=P(O)(O)OC(F)F.[LiH]. The van der Waals surface area contributed by atoms with Gasteiger partial charge >= 0.3 is 33.3 Å². The van der Waals surface area contributed by atoms with E-state index in [1.165, 1.54) is 0 Å².